The van der Waals surface area contributed by atoms with E-state index in [-0.39, 0.29) is 18.5 Å². The third kappa shape index (κ3) is 51.3. The molecule has 0 aliphatic carbocycles. The van der Waals surface area contributed by atoms with Crippen molar-refractivity contribution in [1.29, 1.82) is 0 Å². The Kier molecular flexibility index (Phi) is 53.1. The molecular weight excluding hydrogens is 803 g/mol. The number of rotatable bonds is 53. The van der Waals surface area contributed by atoms with Crippen molar-refractivity contribution in [2.45, 2.75) is 315 Å². The van der Waals surface area contributed by atoms with Crippen molar-refractivity contribution >= 4 is 11.9 Å². The Bertz CT molecular complexity index is 1060. The van der Waals surface area contributed by atoms with Crippen LogP contribution in [0.3, 0.4) is 0 Å². The molecule has 3 N–H and O–H groups in total. The first-order chi connectivity index (χ1) is 32.0. The van der Waals surface area contributed by atoms with Gasteiger partial charge in [0, 0.05) is 12.8 Å². The molecule has 0 aliphatic rings. The molecule has 1 amide bonds. The maximum absolute atomic E-state index is 12.4. The number of hydrogen-bond acceptors (Lipinski definition) is 5. The van der Waals surface area contributed by atoms with E-state index in [0.717, 1.165) is 51.4 Å². The molecule has 0 heterocycles. The second kappa shape index (κ2) is 54.7. The summed E-state index contributed by atoms with van der Waals surface area (Å²) in [6, 6.07) is -0.546. The topological polar surface area (TPSA) is 95.9 Å². The molecule has 0 saturated heterocycles. The molecule has 382 valence electrons. The van der Waals surface area contributed by atoms with E-state index in [4.69, 9.17) is 4.74 Å². The number of carbonyl (C=O) groups is 2. The second-order valence-corrected chi connectivity index (χ2v) is 19.6. The van der Waals surface area contributed by atoms with Crippen LogP contribution >= 0.6 is 0 Å². The Morgan fingerprint density at radius 3 is 1.22 bits per heavy atom. The summed E-state index contributed by atoms with van der Waals surface area (Å²) in [5.41, 5.74) is 0. The molecule has 0 aromatic rings. The van der Waals surface area contributed by atoms with Crippen LogP contribution in [0.5, 0.6) is 0 Å². The average Bonchev–Trinajstić information content (AvgIpc) is 3.31. The number of aliphatic hydroxyl groups excluding tert-OH is 2. The van der Waals surface area contributed by atoms with Gasteiger partial charge in [0.05, 0.1) is 25.4 Å². The Labute approximate surface area is 404 Å². The van der Waals surface area contributed by atoms with Gasteiger partial charge in [0.15, 0.2) is 0 Å². The molecule has 65 heavy (non-hydrogen) atoms. The Balaban J connectivity index is 3.42. The lowest BCUT2D eigenvalue weighted by Crippen LogP contribution is -2.45. The van der Waals surface area contributed by atoms with Crippen LogP contribution in [0.15, 0.2) is 36.5 Å². The van der Waals surface area contributed by atoms with E-state index in [1.807, 2.05) is 0 Å². The lowest BCUT2D eigenvalue weighted by atomic mass is 10.0. The predicted molar refractivity (Wildman–Crippen MR) is 283 cm³/mol. The van der Waals surface area contributed by atoms with Crippen molar-refractivity contribution in [3.05, 3.63) is 36.5 Å². The molecule has 0 spiro atoms. The normalized spacial score (nSPS) is 12.9. The Hall–Kier alpha value is -1.92. The van der Waals surface area contributed by atoms with Gasteiger partial charge in [-0.25, -0.2) is 0 Å². The first-order valence-electron chi connectivity index (χ1n) is 28.7. The molecule has 0 rings (SSSR count). The number of nitrogens with one attached hydrogen (secondary N) is 1. The van der Waals surface area contributed by atoms with Crippen LogP contribution in [0.1, 0.15) is 303 Å². The first kappa shape index (κ1) is 63.1. The molecule has 0 radical (unpaired) electrons. The lowest BCUT2D eigenvalue weighted by Gasteiger charge is -2.22. The molecule has 0 saturated carbocycles. The minimum Gasteiger partial charge on any atom is -0.466 e. The third-order valence-corrected chi connectivity index (χ3v) is 13.2. The van der Waals surface area contributed by atoms with E-state index >= 15 is 0 Å². The zero-order valence-corrected chi connectivity index (χ0v) is 43.5. The maximum Gasteiger partial charge on any atom is 0.305 e. The van der Waals surface area contributed by atoms with Crippen molar-refractivity contribution < 1.29 is 24.5 Å². The van der Waals surface area contributed by atoms with Gasteiger partial charge in [-0.2, -0.15) is 0 Å². The zero-order chi connectivity index (χ0) is 47.2. The van der Waals surface area contributed by atoms with Gasteiger partial charge >= 0.3 is 5.97 Å². The quantitative estimate of drug-likeness (QED) is 0.0321. The highest BCUT2D eigenvalue weighted by atomic mass is 16.5. The number of esters is 1. The highest BCUT2D eigenvalue weighted by Gasteiger charge is 2.20. The molecule has 0 bridgehead atoms. The van der Waals surface area contributed by atoms with Gasteiger partial charge in [0.2, 0.25) is 5.91 Å². The fraction of sp³-hybridized carbons (Fsp3) is 0.864. The predicted octanol–water partition coefficient (Wildman–Crippen LogP) is 17.6. The number of ether oxygens (including phenoxy) is 1. The van der Waals surface area contributed by atoms with Crippen LogP contribution in [0.25, 0.3) is 0 Å². The van der Waals surface area contributed by atoms with Crippen LogP contribution < -0.4 is 5.32 Å². The first-order valence-corrected chi connectivity index (χ1v) is 28.7. The summed E-state index contributed by atoms with van der Waals surface area (Å²) >= 11 is 0. The maximum atomic E-state index is 12.4. The molecule has 6 heteroatoms. The van der Waals surface area contributed by atoms with Gasteiger partial charge < -0.3 is 20.3 Å². The minimum atomic E-state index is -0.668. The molecular formula is C59H111NO5. The van der Waals surface area contributed by atoms with Crippen molar-refractivity contribution in [3.8, 4) is 0 Å². The number of unbranched alkanes of at least 4 members (excludes halogenated alkanes) is 36. The number of aliphatic hydroxyl groups is 2. The zero-order valence-electron chi connectivity index (χ0n) is 43.5. The summed E-state index contributed by atoms with van der Waals surface area (Å²) < 4.78 is 5.47. The van der Waals surface area contributed by atoms with Crippen LogP contribution in [-0.4, -0.2) is 47.4 Å². The highest BCUT2D eigenvalue weighted by Crippen LogP contribution is 2.16. The molecule has 0 aromatic heterocycles. The van der Waals surface area contributed by atoms with E-state index in [0.29, 0.717) is 25.9 Å². The standard InChI is InChI=1S/C59H111NO5/c1-3-5-7-9-11-13-15-17-25-29-33-37-41-45-49-53-59(64)65-54-50-46-42-38-34-30-27-24-22-20-18-19-21-23-26-28-32-36-40-44-48-52-58(63)60-56(55-61)57(62)51-47-43-39-35-31-16-14-12-10-8-6-4-2/h11,13,17,19,21,25,56-57,61-62H,3-10,12,14-16,18,20,22-24,26-55H2,1-2H3,(H,60,63)/b13-11-,21-19-,25-17-. The van der Waals surface area contributed by atoms with Gasteiger partial charge in [0.25, 0.3) is 0 Å². The highest BCUT2D eigenvalue weighted by molar-refractivity contribution is 5.76. The van der Waals surface area contributed by atoms with Gasteiger partial charge in [-0.15, -0.1) is 0 Å². The molecule has 0 aliphatic heterocycles. The largest absolute Gasteiger partial charge is 0.466 e. The summed E-state index contributed by atoms with van der Waals surface area (Å²) in [4.78, 5) is 24.5. The van der Waals surface area contributed by atoms with Gasteiger partial charge in [-0.3, -0.25) is 9.59 Å². The Morgan fingerprint density at radius 2 is 0.769 bits per heavy atom. The van der Waals surface area contributed by atoms with Gasteiger partial charge in [-0.1, -0.05) is 243 Å². The van der Waals surface area contributed by atoms with Crippen LogP contribution in [0.2, 0.25) is 0 Å². The van der Waals surface area contributed by atoms with Crippen molar-refractivity contribution in [2.24, 2.45) is 0 Å². The number of hydrogen-bond donors (Lipinski definition) is 3. The fourth-order valence-corrected chi connectivity index (χ4v) is 8.72. The molecule has 6 nitrogen and oxygen atoms in total. The summed E-state index contributed by atoms with van der Waals surface area (Å²) in [5.74, 6) is -0.0496. The van der Waals surface area contributed by atoms with Gasteiger partial charge in [-0.05, 0) is 83.5 Å². The number of allylic oxidation sites excluding steroid dienone is 6. The van der Waals surface area contributed by atoms with Crippen molar-refractivity contribution in [3.63, 3.8) is 0 Å². The molecule has 2 unspecified atom stereocenters. The Morgan fingerprint density at radius 1 is 0.431 bits per heavy atom. The van der Waals surface area contributed by atoms with Gasteiger partial charge in [0.1, 0.15) is 0 Å². The summed E-state index contributed by atoms with van der Waals surface area (Å²) in [5, 5.41) is 23.2. The number of amides is 1. The molecule has 0 aromatic carbocycles. The van der Waals surface area contributed by atoms with E-state index in [9.17, 15) is 19.8 Å². The summed E-state index contributed by atoms with van der Waals surface area (Å²) in [6.45, 7) is 4.91. The summed E-state index contributed by atoms with van der Waals surface area (Å²) in [7, 11) is 0. The second-order valence-electron chi connectivity index (χ2n) is 19.6. The number of carbonyl (C=O) groups excluding carboxylic acids is 2. The lowest BCUT2D eigenvalue weighted by molar-refractivity contribution is -0.143. The third-order valence-electron chi connectivity index (χ3n) is 13.2. The van der Waals surface area contributed by atoms with Crippen LogP contribution in [-0.2, 0) is 14.3 Å². The van der Waals surface area contributed by atoms with E-state index in [1.165, 1.54) is 218 Å². The van der Waals surface area contributed by atoms with E-state index < -0.39 is 12.1 Å². The molecule has 0 fully saturated rings. The van der Waals surface area contributed by atoms with Crippen LogP contribution in [0.4, 0.5) is 0 Å². The van der Waals surface area contributed by atoms with E-state index in [2.05, 4.69) is 55.6 Å². The minimum absolute atomic E-state index is 0.00607. The average molecular weight is 915 g/mol. The fourth-order valence-electron chi connectivity index (χ4n) is 8.72. The SMILES string of the molecule is CCCCC/C=C\C/C=C\CCCCCCCC(=O)OCCCCCCCCCCCC/C=C\CCCCCCCCCC(=O)NC(CO)C(O)CCCCCCCCCCCCCC. The van der Waals surface area contributed by atoms with Crippen molar-refractivity contribution in [1.82, 2.24) is 5.32 Å². The van der Waals surface area contributed by atoms with E-state index in [1.54, 1.807) is 0 Å². The van der Waals surface area contributed by atoms with Crippen LogP contribution in [0, 0.1) is 0 Å². The smallest absolute Gasteiger partial charge is 0.305 e. The van der Waals surface area contributed by atoms with Crippen molar-refractivity contribution in [2.75, 3.05) is 13.2 Å². The monoisotopic (exact) mass is 914 g/mol. The molecule has 2 atom stereocenters. The summed E-state index contributed by atoms with van der Waals surface area (Å²) in [6.07, 6.45) is 67.0.